The van der Waals surface area contributed by atoms with Gasteiger partial charge in [0.25, 0.3) is 0 Å². The zero-order valence-corrected chi connectivity index (χ0v) is 26.2. The number of aromatic nitrogens is 3. The Bertz CT molecular complexity index is 2180. The molecule has 7 aromatic carbocycles. The van der Waals surface area contributed by atoms with E-state index in [-0.39, 0.29) is 0 Å². The molecule has 0 fully saturated rings. The molecule has 1 heterocycles. The van der Waals surface area contributed by atoms with Crippen molar-refractivity contribution in [3.8, 4) is 78.4 Å². The van der Waals surface area contributed by atoms with Gasteiger partial charge in [0.15, 0.2) is 11.6 Å². The first kappa shape index (κ1) is 29.0. The zero-order chi connectivity index (χ0) is 32.1. The van der Waals surface area contributed by atoms with E-state index >= 15 is 0 Å². The van der Waals surface area contributed by atoms with Gasteiger partial charge in [0.2, 0.25) is 0 Å². The van der Waals surface area contributed by atoms with Gasteiger partial charge in [-0.3, -0.25) is 0 Å². The molecule has 0 spiro atoms. The van der Waals surface area contributed by atoms with Crippen molar-refractivity contribution in [3.63, 3.8) is 0 Å². The molecule has 3 heteroatoms. The predicted octanol–water partition coefficient (Wildman–Crippen LogP) is 11.5. The van der Waals surface area contributed by atoms with Crippen LogP contribution in [0.15, 0.2) is 188 Å². The van der Waals surface area contributed by atoms with E-state index in [2.05, 4.69) is 156 Å². The van der Waals surface area contributed by atoms with E-state index in [9.17, 15) is 0 Å². The van der Waals surface area contributed by atoms with Crippen LogP contribution in [0.4, 0.5) is 0 Å². The Hall–Kier alpha value is -6.45. The molecular weight excluding hydrogens is 583 g/mol. The van der Waals surface area contributed by atoms with Crippen LogP contribution in [-0.2, 0) is 0 Å². The topological polar surface area (TPSA) is 38.7 Å². The molecule has 8 aromatic rings. The lowest BCUT2D eigenvalue weighted by Gasteiger charge is -2.11. The maximum atomic E-state index is 4.77. The van der Waals surface area contributed by atoms with Crippen LogP contribution in [0.1, 0.15) is 0 Å². The van der Waals surface area contributed by atoms with Gasteiger partial charge in [-0.05, 0) is 86.0 Å². The van der Waals surface area contributed by atoms with Crippen molar-refractivity contribution in [3.05, 3.63) is 188 Å². The first-order valence-corrected chi connectivity index (χ1v) is 16.1. The van der Waals surface area contributed by atoms with Crippen LogP contribution in [0, 0.1) is 0 Å². The normalized spacial score (nSPS) is 10.9. The predicted molar refractivity (Wildman–Crippen MR) is 198 cm³/mol. The summed E-state index contributed by atoms with van der Waals surface area (Å²) in [5.41, 5.74) is 13.7. The van der Waals surface area contributed by atoms with Crippen molar-refractivity contribution < 1.29 is 0 Å². The molecule has 0 unspecified atom stereocenters. The van der Waals surface area contributed by atoms with Gasteiger partial charge in [-0.15, -0.1) is 0 Å². The smallest absolute Gasteiger partial charge is 0.163 e. The highest BCUT2D eigenvalue weighted by Gasteiger charge is 2.10. The van der Waals surface area contributed by atoms with E-state index in [0.717, 1.165) is 27.8 Å². The summed E-state index contributed by atoms with van der Waals surface area (Å²) in [6.45, 7) is 0. The van der Waals surface area contributed by atoms with Crippen molar-refractivity contribution in [1.82, 2.24) is 15.0 Å². The molecule has 0 aliphatic rings. The Morgan fingerprint density at radius 3 is 0.896 bits per heavy atom. The van der Waals surface area contributed by atoms with Crippen LogP contribution >= 0.6 is 0 Å². The monoisotopic (exact) mass is 613 g/mol. The molecule has 0 saturated heterocycles. The Balaban J connectivity index is 1.08. The summed E-state index contributed by atoms with van der Waals surface area (Å²) < 4.78 is 0. The van der Waals surface area contributed by atoms with Crippen molar-refractivity contribution in [1.29, 1.82) is 0 Å². The van der Waals surface area contributed by atoms with Crippen molar-refractivity contribution in [2.75, 3.05) is 0 Å². The number of rotatable bonds is 7. The van der Waals surface area contributed by atoms with E-state index < -0.39 is 0 Å². The van der Waals surface area contributed by atoms with Crippen LogP contribution in [0.5, 0.6) is 0 Å². The van der Waals surface area contributed by atoms with Crippen molar-refractivity contribution in [2.45, 2.75) is 0 Å². The van der Waals surface area contributed by atoms with Gasteiger partial charge in [-0.2, -0.15) is 0 Å². The molecule has 48 heavy (non-hydrogen) atoms. The van der Waals surface area contributed by atoms with Crippen LogP contribution in [-0.4, -0.2) is 15.0 Å². The van der Waals surface area contributed by atoms with E-state index in [1.54, 1.807) is 6.33 Å². The van der Waals surface area contributed by atoms with Gasteiger partial charge < -0.3 is 0 Å². The molecular formula is C45H31N3. The SMILES string of the molecule is c1ccc(-c2cccc(-c3cccc(-c4cccc(-c5cccc(-c6cccc(-c7ncnc(-c8ccccc8)n7)c6)c5)c4)c3)c2)cc1. The van der Waals surface area contributed by atoms with Gasteiger partial charge in [0.1, 0.15) is 6.33 Å². The van der Waals surface area contributed by atoms with E-state index in [1.165, 1.54) is 38.9 Å². The fourth-order valence-corrected chi connectivity index (χ4v) is 6.14. The molecule has 0 bridgehead atoms. The highest BCUT2D eigenvalue weighted by molar-refractivity contribution is 5.81. The zero-order valence-electron chi connectivity index (χ0n) is 26.2. The summed E-state index contributed by atoms with van der Waals surface area (Å²) in [7, 11) is 0. The van der Waals surface area contributed by atoms with Crippen LogP contribution < -0.4 is 0 Å². The number of hydrogen-bond donors (Lipinski definition) is 0. The second-order valence-corrected chi connectivity index (χ2v) is 11.8. The highest BCUT2D eigenvalue weighted by Crippen LogP contribution is 2.33. The van der Waals surface area contributed by atoms with Crippen molar-refractivity contribution in [2.24, 2.45) is 0 Å². The maximum Gasteiger partial charge on any atom is 0.163 e. The van der Waals surface area contributed by atoms with Gasteiger partial charge in [-0.1, -0.05) is 152 Å². The third kappa shape index (κ3) is 6.18. The lowest BCUT2D eigenvalue weighted by molar-refractivity contribution is 1.07. The summed E-state index contributed by atoms with van der Waals surface area (Å²) in [6.07, 6.45) is 1.59. The van der Waals surface area contributed by atoms with Gasteiger partial charge >= 0.3 is 0 Å². The number of benzene rings is 7. The summed E-state index contributed by atoms with van der Waals surface area (Å²) in [4.78, 5) is 13.7. The average Bonchev–Trinajstić information content (AvgIpc) is 3.19. The van der Waals surface area contributed by atoms with E-state index in [4.69, 9.17) is 4.98 Å². The summed E-state index contributed by atoms with van der Waals surface area (Å²) in [6, 6.07) is 64.0. The maximum absolute atomic E-state index is 4.77. The molecule has 8 rings (SSSR count). The standard InChI is InChI=1S/C45H31N3/c1-3-12-32(13-4-1)34-16-7-17-35(26-34)36-18-8-19-37(27-36)38-20-9-21-39(28-38)40-22-10-23-41(29-40)42-24-11-25-43(30-42)45-47-31-46-44(48-45)33-14-5-2-6-15-33/h1-31H. The molecule has 1 aromatic heterocycles. The molecule has 3 nitrogen and oxygen atoms in total. The first-order chi connectivity index (χ1) is 23.8. The second-order valence-electron chi connectivity index (χ2n) is 11.8. The molecule has 0 aliphatic carbocycles. The molecule has 0 saturated carbocycles. The molecule has 0 aliphatic heterocycles. The summed E-state index contributed by atoms with van der Waals surface area (Å²) >= 11 is 0. The fourth-order valence-electron chi connectivity index (χ4n) is 6.14. The van der Waals surface area contributed by atoms with Gasteiger partial charge in [-0.25, -0.2) is 15.0 Å². The molecule has 0 radical (unpaired) electrons. The Labute approximate surface area is 280 Å². The van der Waals surface area contributed by atoms with E-state index in [1.807, 2.05) is 36.4 Å². The van der Waals surface area contributed by atoms with Gasteiger partial charge in [0, 0.05) is 11.1 Å². The van der Waals surface area contributed by atoms with Crippen LogP contribution in [0.3, 0.4) is 0 Å². The minimum Gasteiger partial charge on any atom is -0.217 e. The number of hydrogen-bond acceptors (Lipinski definition) is 3. The lowest BCUT2D eigenvalue weighted by Crippen LogP contribution is -1.95. The average molecular weight is 614 g/mol. The molecule has 0 N–H and O–H groups in total. The first-order valence-electron chi connectivity index (χ1n) is 16.1. The van der Waals surface area contributed by atoms with E-state index in [0.29, 0.717) is 11.6 Å². The quantitative estimate of drug-likeness (QED) is 0.179. The summed E-state index contributed by atoms with van der Waals surface area (Å²) in [5.74, 6) is 1.32. The van der Waals surface area contributed by atoms with Crippen LogP contribution in [0.25, 0.3) is 78.4 Å². The molecule has 226 valence electrons. The Morgan fingerprint density at radius 2 is 0.500 bits per heavy atom. The third-order valence-corrected chi connectivity index (χ3v) is 8.62. The lowest BCUT2D eigenvalue weighted by atomic mass is 9.94. The fraction of sp³-hybridized carbons (Fsp3) is 0. The molecule has 0 amide bonds. The van der Waals surface area contributed by atoms with Crippen LogP contribution in [0.2, 0.25) is 0 Å². The third-order valence-electron chi connectivity index (χ3n) is 8.62. The minimum absolute atomic E-state index is 0.656. The molecule has 0 atom stereocenters. The summed E-state index contributed by atoms with van der Waals surface area (Å²) in [5, 5.41) is 0. The van der Waals surface area contributed by atoms with Gasteiger partial charge in [0.05, 0.1) is 0 Å². The largest absolute Gasteiger partial charge is 0.217 e. The Morgan fingerprint density at radius 1 is 0.229 bits per heavy atom. The minimum atomic E-state index is 0.656. The number of nitrogens with zero attached hydrogens (tertiary/aromatic N) is 3. The Kier molecular flexibility index (Phi) is 7.92. The van der Waals surface area contributed by atoms with Crippen molar-refractivity contribution >= 4 is 0 Å². The highest BCUT2D eigenvalue weighted by atomic mass is 15.0. The second kappa shape index (κ2) is 13.1.